The van der Waals surface area contributed by atoms with E-state index in [2.05, 4.69) is 21.7 Å². The Morgan fingerprint density at radius 3 is 2.37 bits per heavy atom. The second-order valence-electron chi connectivity index (χ2n) is 6.39. The molecule has 0 fully saturated rings. The Morgan fingerprint density at radius 2 is 1.73 bits per heavy atom. The molecule has 7 nitrogen and oxygen atoms in total. The number of halogens is 1. The Labute approximate surface area is 195 Å². The molecule has 0 aliphatic heterocycles. The van der Waals surface area contributed by atoms with E-state index in [-0.39, 0.29) is 24.0 Å². The third-order valence-electron chi connectivity index (χ3n) is 4.32. The van der Waals surface area contributed by atoms with Crippen LogP contribution in [0.5, 0.6) is 11.5 Å². The van der Waals surface area contributed by atoms with Crippen LogP contribution in [0.4, 0.5) is 0 Å². The first kappa shape index (κ1) is 25.5. The summed E-state index contributed by atoms with van der Waals surface area (Å²) in [6.07, 6.45) is 0. The second-order valence-corrected chi connectivity index (χ2v) is 6.39. The van der Waals surface area contributed by atoms with Crippen LogP contribution in [0.2, 0.25) is 0 Å². The predicted octanol–water partition coefficient (Wildman–Crippen LogP) is 3.67. The van der Waals surface area contributed by atoms with Gasteiger partial charge in [-0.2, -0.15) is 0 Å². The van der Waals surface area contributed by atoms with Crippen molar-refractivity contribution in [2.45, 2.75) is 26.9 Å². The third kappa shape index (κ3) is 7.08. The second kappa shape index (κ2) is 12.9. The van der Waals surface area contributed by atoms with Gasteiger partial charge in [0.1, 0.15) is 17.1 Å². The van der Waals surface area contributed by atoms with Crippen molar-refractivity contribution in [1.82, 2.24) is 10.6 Å². The number of methoxy groups -OCH3 is 3. The maximum atomic E-state index is 12.0. The molecule has 0 radical (unpaired) electrons. The molecule has 0 aliphatic rings. The zero-order valence-electron chi connectivity index (χ0n) is 18.1. The number of nitrogens with one attached hydrogen (secondary N) is 2. The number of aliphatic imine (C=N–C) groups is 1. The Bertz CT molecular complexity index is 871. The van der Waals surface area contributed by atoms with Crippen LogP contribution in [-0.2, 0) is 17.8 Å². The summed E-state index contributed by atoms with van der Waals surface area (Å²) < 4.78 is 15.5. The molecule has 0 aromatic heterocycles. The Balaban J connectivity index is 0.00000450. The van der Waals surface area contributed by atoms with E-state index in [0.717, 1.165) is 29.0 Å². The highest BCUT2D eigenvalue weighted by Crippen LogP contribution is 2.21. The number of nitrogens with zero attached hydrogens (tertiary/aromatic N) is 1. The number of ether oxygens (including phenoxy) is 3. The van der Waals surface area contributed by atoms with Crippen molar-refractivity contribution in [3.8, 4) is 11.5 Å². The molecule has 0 unspecified atom stereocenters. The number of hydrogen-bond donors (Lipinski definition) is 2. The molecule has 164 valence electrons. The van der Waals surface area contributed by atoms with Crippen molar-refractivity contribution < 1.29 is 19.0 Å². The van der Waals surface area contributed by atoms with E-state index in [4.69, 9.17) is 14.2 Å². The number of rotatable bonds is 8. The molecule has 2 N–H and O–H groups in total. The summed E-state index contributed by atoms with van der Waals surface area (Å²) in [5.74, 6) is 1.54. The number of aryl methyl sites for hydroxylation is 1. The largest absolute Gasteiger partial charge is 0.496 e. The fourth-order valence-electron chi connectivity index (χ4n) is 2.81. The van der Waals surface area contributed by atoms with E-state index in [1.807, 2.05) is 32.0 Å². The fraction of sp³-hybridized carbons (Fsp3) is 0.364. The molecule has 0 amide bonds. The molecule has 0 aliphatic carbocycles. The van der Waals surface area contributed by atoms with Crippen molar-refractivity contribution >= 4 is 35.9 Å². The number of esters is 1. The van der Waals surface area contributed by atoms with E-state index >= 15 is 0 Å². The highest BCUT2D eigenvalue weighted by atomic mass is 127. The summed E-state index contributed by atoms with van der Waals surface area (Å²) in [5.41, 5.74) is 3.44. The number of guanidine groups is 1. The minimum atomic E-state index is -0.441. The summed E-state index contributed by atoms with van der Waals surface area (Å²) in [6.45, 7) is 5.74. The van der Waals surface area contributed by atoms with E-state index in [1.165, 1.54) is 14.2 Å². The lowest BCUT2D eigenvalue weighted by atomic mass is 10.1. The van der Waals surface area contributed by atoms with Gasteiger partial charge < -0.3 is 24.8 Å². The standard InChI is InChI=1S/C22H29N3O4.HI/c1-6-23-22(25-14-17-9-7-15(2)11-20(17)28-4)24-13-16-8-10-19(27-3)18(12-16)21(26)29-5;/h7-12H,6,13-14H2,1-5H3,(H2,23,24,25);1H. The SMILES string of the molecule is CCNC(=NCc1ccc(OC)c(C(=O)OC)c1)NCc1ccc(C)cc1OC.I. The number of carbonyl (C=O) groups is 1. The number of hydrogen-bond acceptors (Lipinski definition) is 5. The monoisotopic (exact) mass is 527 g/mol. The van der Waals surface area contributed by atoms with Gasteiger partial charge >= 0.3 is 5.97 Å². The summed E-state index contributed by atoms with van der Waals surface area (Å²) in [4.78, 5) is 16.6. The number of benzene rings is 2. The van der Waals surface area contributed by atoms with Crippen molar-refractivity contribution in [3.63, 3.8) is 0 Å². The average molecular weight is 527 g/mol. The van der Waals surface area contributed by atoms with Gasteiger partial charge in [-0.15, -0.1) is 24.0 Å². The molecule has 30 heavy (non-hydrogen) atoms. The molecule has 8 heteroatoms. The Hall–Kier alpha value is -2.49. The normalized spacial score (nSPS) is 10.6. The molecule has 2 aromatic carbocycles. The first-order chi connectivity index (χ1) is 14.0. The molecular weight excluding hydrogens is 497 g/mol. The molecule has 0 saturated heterocycles. The smallest absolute Gasteiger partial charge is 0.341 e. The molecule has 0 saturated carbocycles. The molecular formula is C22H30IN3O4. The zero-order chi connectivity index (χ0) is 21.2. The van der Waals surface area contributed by atoms with Crippen LogP contribution in [0.15, 0.2) is 41.4 Å². The van der Waals surface area contributed by atoms with Crippen LogP contribution >= 0.6 is 24.0 Å². The van der Waals surface area contributed by atoms with Gasteiger partial charge in [0.2, 0.25) is 0 Å². The molecule has 0 heterocycles. The van der Waals surface area contributed by atoms with Crippen LogP contribution in [0, 0.1) is 6.92 Å². The van der Waals surface area contributed by atoms with Gasteiger partial charge in [0, 0.05) is 18.7 Å². The van der Waals surface area contributed by atoms with Gasteiger partial charge in [0.05, 0.1) is 27.9 Å². The van der Waals surface area contributed by atoms with Gasteiger partial charge in [-0.05, 0) is 43.2 Å². The summed E-state index contributed by atoms with van der Waals surface area (Å²) in [6, 6.07) is 11.5. The molecule has 2 rings (SSSR count). The quantitative estimate of drug-likeness (QED) is 0.236. The van der Waals surface area contributed by atoms with Crippen LogP contribution in [0.25, 0.3) is 0 Å². The summed E-state index contributed by atoms with van der Waals surface area (Å²) in [5, 5.41) is 6.54. The van der Waals surface area contributed by atoms with Crippen molar-refractivity contribution in [3.05, 3.63) is 58.7 Å². The lowest BCUT2D eigenvalue weighted by Gasteiger charge is -2.14. The van der Waals surface area contributed by atoms with E-state index in [0.29, 0.717) is 30.4 Å². The van der Waals surface area contributed by atoms with Crippen molar-refractivity contribution in [2.24, 2.45) is 4.99 Å². The third-order valence-corrected chi connectivity index (χ3v) is 4.32. The predicted molar refractivity (Wildman–Crippen MR) is 129 cm³/mol. The minimum Gasteiger partial charge on any atom is -0.496 e. The van der Waals surface area contributed by atoms with Crippen LogP contribution < -0.4 is 20.1 Å². The molecule has 0 bridgehead atoms. The van der Waals surface area contributed by atoms with Crippen LogP contribution in [0.1, 0.15) is 34.0 Å². The van der Waals surface area contributed by atoms with Gasteiger partial charge in [0.15, 0.2) is 5.96 Å². The topological polar surface area (TPSA) is 81.2 Å². The average Bonchev–Trinajstić information content (AvgIpc) is 2.75. The first-order valence-electron chi connectivity index (χ1n) is 9.43. The van der Waals surface area contributed by atoms with E-state index in [9.17, 15) is 4.79 Å². The van der Waals surface area contributed by atoms with Gasteiger partial charge in [-0.1, -0.05) is 18.2 Å². The zero-order valence-corrected chi connectivity index (χ0v) is 20.4. The lowest BCUT2D eigenvalue weighted by Crippen LogP contribution is -2.36. The summed E-state index contributed by atoms with van der Waals surface area (Å²) in [7, 11) is 4.53. The molecule has 0 atom stereocenters. The Kier molecular flexibility index (Phi) is 11.0. The van der Waals surface area contributed by atoms with E-state index < -0.39 is 5.97 Å². The van der Waals surface area contributed by atoms with Crippen LogP contribution in [-0.4, -0.2) is 39.8 Å². The summed E-state index contributed by atoms with van der Waals surface area (Å²) >= 11 is 0. The van der Waals surface area contributed by atoms with Crippen molar-refractivity contribution in [2.75, 3.05) is 27.9 Å². The van der Waals surface area contributed by atoms with Gasteiger partial charge in [-0.25, -0.2) is 9.79 Å². The first-order valence-corrected chi connectivity index (χ1v) is 9.43. The van der Waals surface area contributed by atoms with Crippen molar-refractivity contribution in [1.29, 1.82) is 0 Å². The lowest BCUT2D eigenvalue weighted by molar-refractivity contribution is 0.0597. The highest BCUT2D eigenvalue weighted by Gasteiger charge is 2.13. The molecule has 2 aromatic rings. The number of carbonyl (C=O) groups excluding carboxylic acids is 1. The highest BCUT2D eigenvalue weighted by molar-refractivity contribution is 14.0. The van der Waals surface area contributed by atoms with Crippen LogP contribution in [0.3, 0.4) is 0 Å². The Morgan fingerprint density at radius 1 is 1.00 bits per heavy atom. The minimum absolute atomic E-state index is 0. The maximum Gasteiger partial charge on any atom is 0.341 e. The van der Waals surface area contributed by atoms with Gasteiger partial charge in [-0.3, -0.25) is 0 Å². The molecule has 0 spiro atoms. The maximum absolute atomic E-state index is 12.0. The van der Waals surface area contributed by atoms with E-state index in [1.54, 1.807) is 19.2 Å². The van der Waals surface area contributed by atoms with Gasteiger partial charge in [0.25, 0.3) is 0 Å². The fourth-order valence-corrected chi connectivity index (χ4v) is 2.81.